The van der Waals surface area contributed by atoms with Crippen LogP contribution in [0.15, 0.2) is 233 Å². The summed E-state index contributed by atoms with van der Waals surface area (Å²) >= 11 is 0. The van der Waals surface area contributed by atoms with Gasteiger partial charge in [0.05, 0.1) is 116 Å². The van der Waals surface area contributed by atoms with Gasteiger partial charge in [-0.15, -0.1) is 0 Å². The second-order valence-electron chi connectivity index (χ2n) is 24.5. The Hall–Kier alpha value is -12.9. The van der Waals surface area contributed by atoms with Gasteiger partial charge in [-0.05, 0) is 230 Å². The maximum Gasteiger partial charge on any atom is 0.338 e. The molecule has 13 aromatic rings. The van der Waals surface area contributed by atoms with Crippen LogP contribution in [0, 0.1) is 40.3 Å². The summed E-state index contributed by atoms with van der Waals surface area (Å²) in [5.41, 5.74) is 5.85. The first-order valence-corrected chi connectivity index (χ1v) is 33.5. The number of sulfone groups is 1. The van der Waals surface area contributed by atoms with Gasteiger partial charge in [-0.2, -0.15) is 0 Å². The highest BCUT2D eigenvalue weighted by atomic mass is 32.2. The van der Waals surface area contributed by atoms with E-state index in [0.717, 1.165) is 5.56 Å². The molecule has 104 heavy (non-hydrogen) atoms. The van der Waals surface area contributed by atoms with E-state index in [1.807, 2.05) is 0 Å². The van der Waals surface area contributed by atoms with Crippen LogP contribution in [0.4, 0.5) is 32.0 Å². The highest BCUT2D eigenvalue weighted by Crippen LogP contribution is 2.37. The summed E-state index contributed by atoms with van der Waals surface area (Å²) in [5, 5.41) is 12.0. The molecule has 526 valence electrons. The summed E-state index contributed by atoms with van der Waals surface area (Å²) < 4.78 is 122. The zero-order valence-corrected chi connectivity index (χ0v) is 55.8. The van der Waals surface area contributed by atoms with Gasteiger partial charge in [0.15, 0.2) is 15.6 Å². The Morgan fingerprint density at radius 2 is 0.721 bits per heavy atom. The number of ketones is 1. The smallest absolute Gasteiger partial charge is 0.338 e. The number of rotatable bonds is 12. The van der Waals surface area contributed by atoms with E-state index in [4.69, 9.17) is 4.74 Å². The van der Waals surface area contributed by atoms with E-state index in [1.165, 1.54) is 211 Å². The molecular weight excluding hydrogens is 1380 g/mol. The Morgan fingerprint density at radius 1 is 0.423 bits per heavy atom. The lowest BCUT2D eigenvalue weighted by Gasteiger charge is -2.20. The number of carboxylic acid groups (broad SMARTS) is 1. The van der Waals surface area contributed by atoms with E-state index >= 15 is 0 Å². The second-order valence-corrected chi connectivity index (χ2v) is 26.7. The second kappa shape index (κ2) is 29.0. The number of carbonyl (C=O) groups is 5. The standard InChI is InChI=1S/C26H22F2N2O4S.C21H14F2N2O3.C20H12F2N2O3.C10H9NO3/c1-26(12-13-35(33,34)16-26)15-24(31)17-2-11-22-23(14-17)30(21-9-5-19(28)6-10-21)25(32)29(22)20-7-3-18(27)4-8-20;1-28-20(26)13-2-11-18-19(12-13)25(17-9-5-15(23)6-10-17)21(27)24(18)16-7-3-14(22)4-8-16;21-13-2-6-15(7-3-13)23-17-10-1-12(19(25)26)11-18(17)24(20(23)27)16-8-4-14(22)5-9-16;1-14-10(13)7-3-2-6-5-9(12)11-8(6)4-7/h2-11,14H,12-13,15-16H2,1H3;2-12H,1H3;1-11H,(H,25,26);2-4H,5H2,1H3,(H,11,12)/t26-;;;/m0.../s1. The summed E-state index contributed by atoms with van der Waals surface area (Å²) in [6, 6.07) is 51.3. The topological polar surface area (TPSA) is 251 Å². The number of carboxylic acids is 1. The number of halogens is 6. The summed E-state index contributed by atoms with van der Waals surface area (Å²) in [6.07, 6.45) is 0.874. The molecule has 0 unspecified atom stereocenters. The molecule has 27 heteroatoms. The quantitative estimate of drug-likeness (QED) is 0.0657. The molecule has 1 fully saturated rings. The minimum Gasteiger partial charge on any atom is -0.478 e. The Bertz CT molecular complexity index is 5870. The highest BCUT2D eigenvalue weighted by Gasteiger charge is 2.40. The number of carbonyl (C=O) groups excluding carboxylic acids is 4. The summed E-state index contributed by atoms with van der Waals surface area (Å²) in [5.74, 6) is -4.97. The number of aromatic carboxylic acids is 1. The molecule has 15 rings (SSSR count). The molecule has 0 bridgehead atoms. The highest BCUT2D eigenvalue weighted by molar-refractivity contribution is 7.91. The number of esters is 2. The van der Waals surface area contributed by atoms with Crippen LogP contribution in [-0.2, 0) is 30.5 Å². The van der Waals surface area contributed by atoms with E-state index in [1.54, 1.807) is 55.5 Å². The van der Waals surface area contributed by atoms with Gasteiger partial charge in [0.25, 0.3) is 0 Å². The number of fused-ring (bicyclic) bond motifs is 4. The van der Waals surface area contributed by atoms with E-state index in [-0.39, 0.29) is 40.7 Å². The summed E-state index contributed by atoms with van der Waals surface area (Å²) in [4.78, 5) is 98.5. The number of ether oxygens (including phenoxy) is 2. The predicted molar refractivity (Wildman–Crippen MR) is 375 cm³/mol. The monoisotopic (exact) mass is 1430 g/mol. The SMILES string of the molecule is COC(=O)c1ccc2c(c1)NC(=O)C2.COC(=O)c1ccc2c(c1)n(-c1ccc(F)cc1)c(=O)n2-c1ccc(F)cc1.C[C@@]1(CC(=O)c2ccc3c(c2)n(-c2ccc(F)cc2)c(=O)n3-c2ccc(F)cc2)CCS(=O)(=O)C1.O=C(O)c1ccc2c(c1)n(-c1ccc(F)cc1)c(=O)n2-c1ccc(F)cc1. The number of aromatic nitrogens is 6. The van der Waals surface area contributed by atoms with Crippen molar-refractivity contribution >= 4 is 78.2 Å². The third-order valence-corrected chi connectivity index (χ3v) is 19.3. The van der Waals surface area contributed by atoms with Crippen molar-refractivity contribution in [1.82, 2.24) is 27.4 Å². The van der Waals surface area contributed by atoms with Crippen LogP contribution in [0.1, 0.15) is 66.8 Å². The molecule has 2 aliphatic rings. The molecular formula is C77H57F6N7O13S. The van der Waals surface area contributed by atoms with Gasteiger partial charge in [0.2, 0.25) is 5.91 Å². The zero-order chi connectivity index (χ0) is 74.1. The molecule has 20 nitrogen and oxygen atoms in total. The molecule has 0 saturated carbocycles. The minimum atomic E-state index is -3.16. The molecule has 0 radical (unpaired) electrons. The van der Waals surface area contributed by atoms with Crippen molar-refractivity contribution in [2.45, 2.75) is 26.2 Å². The fourth-order valence-corrected chi connectivity index (χ4v) is 14.6. The Kier molecular flexibility index (Phi) is 19.8. The van der Waals surface area contributed by atoms with E-state index in [2.05, 4.69) is 10.1 Å². The lowest BCUT2D eigenvalue weighted by atomic mass is 9.83. The maximum absolute atomic E-state index is 13.6. The van der Waals surface area contributed by atoms with Gasteiger partial charge in [0, 0.05) is 17.7 Å². The molecule has 3 aromatic heterocycles. The molecule has 5 heterocycles. The van der Waals surface area contributed by atoms with Crippen molar-refractivity contribution in [2.75, 3.05) is 31.0 Å². The average molecular weight is 1430 g/mol. The summed E-state index contributed by atoms with van der Waals surface area (Å²) in [6.45, 7) is 1.80. The number of benzene rings is 10. The van der Waals surface area contributed by atoms with Gasteiger partial charge in [0.1, 0.15) is 34.9 Å². The lowest BCUT2D eigenvalue weighted by molar-refractivity contribution is -0.115. The molecule has 2 aliphatic heterocycles. The van der Waals surface area contributed by atoms with Crippen molar-refractivity contribution in [3.05, 3.63) is 313 Å². The predicted octanol–water partition coefficient (Wildman–Crippen LogP) is 13.0. The molecule has 2 N–H and O–H groups in total. The third kappa shape index (κ3) is 14.7. The number of Topliss-reactive ketones (excluding diaryl/α,β-unsaturated/α-hetero) is 1. The first kappa shape index (κ1) is 70.9. The number of anilines is 1. The Balaban J connectivity index is 0.000000135. The lowest BCUT2D eigenvalue weighted by Crippen LogP contribution is -2.22. The van der Waals surface area contributed by atoms with Gasteiger partial charge >= 0.3 is 35.0 Å². The van der Waals surface area contributed by atoms with Gasteiger partial charge in [-0.3, -0.25) is 37.0 Å². The first-order valence-electron chi connectivity index (χ1n) is 31.7. The number of nitrogens with zero attached hydrogens (tertiary/aromatic N) is 6. The van der Waals surface area contributed by atoms with Crippen molar-refractivity contribution in [2.24, 2.45) is 5.41 Å². The van der Waals surface area contributed by atoms with Gasteiger partial charge < -0.3 is 19.9 Å². The van der Waals surface area contributed by atoms with E-state index in [0.29, 0.717) is 96.9 Å². The number of amides is 1. The molecule has 10 aromatic carbocycles. The number of methoxy groups -OCH3 is 2. The first-order chi connectivity index (χ1) is 49.7. The number of nitrogens with one attached hydrogen (secondary N) is 1. The number of hydrogen-bond acceptors (Lipinski definition) is 12. The van der Waals surface area contributed by atoms with Gasteiger partial charge in [-0.25, -0.2) is 63.5 Å². The van der Waals surface area contributed by atoms with Crippen molar-refractivity contribution in [3.8, 4) is 34.1 Å². The Labute approximate surface area is 585 Å². The van der Waals surface area contributed by atoms with Crippen LogP contribution >= 0.6 is 0 Å². The van der Waals surface area contributed by atoms with Crippen LogP contribution in [-0.4, -0.2) is 96.3 Å². The molecule has 1 atom stereocenters. The van der Waals surface area contributed by atoms with E-state index < -0.39 is 85.1 Å². The van der Waals surface area contributed by atoms with Gasteiger partial charge in [-0.1, -0.05) is 13.0 Å². The number of imidazole rings is 3. The van der Waals surface area contributed by atoms with Crippen LogP contribution in [0.3, 0.4) is 0 Å². The van der Waals surface area contributed by atoms with Crippen molar-refractivity contribution in [1.29, 1.82) is 0 Å². The fraction of sp³-hybridized carbons (Fsp3) is 0.117. The van der Waals surface area contributed by atoms with Crippen molar-refractivity contribution < 1.29 is 73.3 Å². The Morgan fingerprint density at radius 3 is 1.05 bits per heavy atom. The normalized spacial score (nSPS) is 14.1. The maximum atomic E-state index is 13.6. The summed E-state index contributed by atoms with van der Waals surface area (Å²) in [7, 11) is -0.562. The minimum absolute atomic E-state index is 0.00891. The average Bonchev–Trinajstić information content (AvgIpc) is 1.60. The van der Waals surface area contributed by atoms with E-state index in [9.17, 15) is 78.2 Å². The van der Waals surface area contributed by atoms with Crippen LogP contribution in [0.5, 0.6) is 0 Å². The third-order valence-electron chi connectivity index (χ3n) is 17.3. The largest absolute Gasteiger partial charge is 0.478 e. The number of hydrogen-bond donors (Lipinski definition) is 2. The fourth-order valence-electron chi connectivity index (χ4n) is 12.3. The molecule has 0 spiro atoms. The van der Waals surface area contributed by atoms with Crippen LogP contribution in [0.2, 0.25) is 0 Å². The van der Waals surface area contributed by atoms with Crippen LogP contribution in [0.25, 0.3) is 67.2 Å². The molecule has 0 aliphatic carbocycles. The molecule has 1 saturated heterocycles. The van der Waals surface area contributed by atoms with Crippen LogP contribution < -0.4 is 22.4 Å². The van der Waals surface area contributed by atoms with Crippen molar-refractivity contribution in [3.63, 3.8) is 0 Å². The molecule has 1 amide bonds. The zero-order valence-electron chi connectivity index (χ0n) is 55.0.